The van der Waals surface area contributed by atoms with Crippen molar-refractivity contribution < 1.29 is 14.3 Å². The van der Waals surface area contributed by atoms with Crippen molar-refractivity contribution in [2.75, 3.05) is 32.6 Å². The summed E-state index contributed by atoms with van der Waals surface area (Å²) in [7, 11) is 3.09. The molecule has 5 nitrogen and oxygen atoms in total. The number of benzene rings is 1. The molecule has 0 fully saturated rings. The van der Waals surface area contributed by atoms with Gasteiger partial charge in [0.2, 0.25) is 5.91 Å². The van der Waals surface area contributed by atoms with E-state index >= 15 is 0 Å². The number of nitrogens with one attached hydrogen (secondary N) is 2. The highest BCUT2D eigenvalue weighted by molar-refractivity contribution is 6.32. The van der Waals surface area contributed by atoms with Crippen LogP contribution < -0.4 is 20.1 Å². The Balaban J connectivity index is 2.58. The van der Waals surface area contributed by atoms with Gasteiger partial charge in [0.05, 0.1) is 31.5 Å². The van der Waals surface area contributed by atoms with Crippen LogP contribution in [0.1, 0.15) is 20.3 Å². The van der Waals surface area contributed by atoms with Gasteiger partial charge < -0.3 is 20.1 Å². The molecule has 0 bridgehead atoms. The minimum Gasteiger partial charge on any atom is -0.495 e. The third kappa shape index (κ3) is 5.71. The molecule has 0 aromatic heterocycles. The lowest BCUT2D eigenvalue weighted by atomic mass is 10.1. The molecule has 6 heteroatoms. The van der Waals surface area contributed by atoms with Gasteiger partial charge in [0.1, 0.15) is 11.5 Å². The molecule has 0 unspecified atom stereocenters. The molecule has 1 aromatic rings. The summed E-state index contributed by atoms with van der Waals surface area (Å²) >= 11 is 6.07. The lowest BCUT2D eigenvalue weighted by molar-refractivity contribution is -0.119. The smallest absolute Gasteiger partial charge is 0.239 e. The maximum Gasteiger partial charge on any atom is 0.239 e. The molecule has 0 aliphatic carbocycles. The zero-order chi connectivity index (χ0) is 15.8. The van der Waals surface area contributed by atoms with Crippen molar-refractivity contribution in [3.8, 4) is 11.5 Å². The molecule has 0 aliphatic heterocycles. The molecule has 2 N–H and O–H groups in total. The Morgan fingerprint density at radius 2 is 1.90 bits per heavy atom. The van der Waals surface area contributed by atoms with Gasteiger partial charge in [-0.2, -0.15) is 0 Å². The number of ether oxygens (including phenoxy) is 2. The van der Waals surface area contributed by atoms with Crippen LogP contribution in [-0.2, 0) is 4.79 Å². The van der Waals surface area contributed by atoms with Gasteiger partial charge in [0.25, 0.3) is 0 Å². The second-order valence-corrected chi connectivity index (χ2v) is 5.48. The molecule has 0 radical (unpaired) electrons. The van der Waals surface area contributed by atoms with E-state index in [2.05, 4.69) is 24.5 Å². The molecule has 0 spiro atoms. The van der Waals surface area contributed by atoms with Gasteiger partial charge in [0.15, 0.2) is 0 Å². The number of amides is 1. The summed E-state index contributed by atoms with van der Waals surface area (Å²) in [5.74, 6) is 1.61. The van der Waals surface area contributed by atoms with Crippen molar-refractivity contribution in [3.05, 3.63) is 17.2 Å². The molecule has 1 rings (SSSR count). The highest BCUT2D eigenvalue weighted by Crippen LogP contribution is 2.35. The highest BCUT2D eigenvalue weighted by Gasteiger charge is 2.11. The summed E-state index contributed by atoms with van der Waals surface area (Å²) in [4.78, 5) is 11.7. The second-order valence-electron chi connectivity index (χ2n) is 5.07. The molecule has 0 aliphatic rings. The summed E-state index contributed by atoms with van der Waals surface area (Å²) in [5.41, 5.74) is 0.655. The van der Waals surface area contributed by atoms with E-state index < -0.39 is 0 Å². The predicted octanol–water partition coefficient (Wildman–Crippen LogP) is 2.93. The van der Waals surface area contributed by atoms with Crippen LogP contribution in [0, 0.1) is 5.92 Å². The lowest BCUT2D eigenvalue weighted by Crippen LogP contribution is -2.31. The average Bonchev–Trinajstić information content (AvgIpc) is 2.44. The Labute approximate surface area is 131 Å². The van der Waals surface area contributed by atoms with Crippen LogP contribution in [-0.4, -0.2) is 33.2 Å². The van der Waals surface area contributed by atoms with Gasteiger partial charge in [-0.05, 0) is 18.4 Å². The van der Waals surface area contributed by atoms with E-state index in [0.717, 1.165) is 6.42 Å². The minimum absolute atomic E-state index is 0.0651. The van der Waals surface area contributed by atoms with Crippen LogP contribution in [0.5, 0.6) is 11.5 Å². The van der Waals surface area contributed by atoms with Crippen LogP contribution in [0.15, 0.2) is 12.1 Å². The number of carbonyl (C=O) groups excluding carboxylic acids is 1. The van der Waals surface area contributed by atoms with Gasteiger partial charge in [-0.1, -0.05) is 25.4 Å². The van der Waals surface area contributed by atoms with Crippen molar-refractivity contribution in [1.29, 1.82) is 0 Å². The second kappa shape index (κ2) is 8.62. The number of methoxy groups -OCH3 is 2. The molecule has 118 valence electrons. The van der Waals surface area contributed by atoms with Gasteiger partial charge >= 0.3 is 0 Å². The van der Waals surface area contributed by atoms with Crippen molar-refractivity contribution in [2.45, 2.75) is 20.3 Å². The van der Waals surface area contributed by atoms with Crippen LogP contribution in [0.4, 0.5) is 5.69 Å². The van der Waals surface area contributed by atoms with Crippen LogP contribution in [0.3, 0.4) is 0 Å². The van der Waals surface area contributed by atoms with Gasteiger partial charge in [-0.25, -0.2) is 0 Å². The summed E-state index contributed by atoms with van der Waals surface area (Å²) < 4.78 is 10.4. The Morgan fingerprint density at radius 3 is 2.48 bits per heavy atom. The standard InChI is InChI=1S/C15H23ClN2O3/c1-10(2)5-6-17-15(19)9-18-12-7-11(16)13(20-3)8-14(12)21-4/h7-8,10,18H,5-6,9H2,1-4H3,(H,17,19). The third-order valence-corrected chi connectivity index (χ3v) is 3.25. The number of carbonyl (C=O) groups is 1. The predicted molar refractivity (Wildman–Crippen MR) is 85.5 cm³/mol. The maximum atomic E-state index is 11.7. The Hall–Kier alpha value is -1.62. The SMILES string of the molecule is COc1cc(OC)c(NCC(=O)NCCC(C)C)cc1Cl. The van der Waals surface area contributed by atoms with E-state index in [1.165, 1.54) is 7.11 Å². The topological polar surface area (TPSA) is 59.6 Å². The largest absolute Gasteiger partial charge is 0.495 e. The number of halogens is 1. The quantitative estimate of drug-likeness (QED) is 0.774. The highest BCUT2D eigenvalue weighted by atomic mass is 35.5. The van der Waals surface area contributed by atoms with Gasteiger partial charge in [0, 0.05) is 12.6 Å². The van der Waals surface area contributed by atoms with Crippen molar-refractivity contribution >= 4 is 23.2 Å². The molecular formula is C15H23ClN2O3. The number of rotatable bonds is 8. The fourth-order valence-corrected chi connectivity index (χ4v) is 1.98. The third-order valence-electron chi connectivity index (χ3n) is 2.96. The Kier molecular flexibility index (Phi) is 7.15. The molecule has 1 amide bonds. The van der Waals surface area contributed by atoms with Crippen molar-refractivity contribution in [1.82, 2.24) is 5.32 Å². The van der Waals surface area contributed by atoms with Crippen molar-refractivity contribution in [3.63, 3.8) is 0 Å². The van der Waals surface area contributed by atoms with E-state index in [-0.39, 0.29) is 12.5 Å². The molecular weight excluding hydrogens is 292 g/mol. The van der Waals surface area contributed by atoms with E-state index in [0.29, 0.717) is 34.7 Å². The molecule has 0 atom stereocenters. The summed E-state index contributed by atoms with van der Waals surface area (Å²) in [5, 5.41) is 6.34. The monoisotopic (exact) mass is 314 g/mol. The zero-order valence-electron chi connectivity index (χ0n) is 13.0. The first-order valence-electron chi connectivity index (χ1n) is 6.90. The van der Waals surface area contributed by atoms with E-state index in [1.54, 1.807) is 19.2 Å². The fourth-order valence-electron chi connectivity index (χ4n) is 1.74. The van der Waals surface area contributed by atoms with Crippen LogP contribution >= 0.6 is 11.6 Å². The normalized spacial score (nSPS) is 10.4. The first-order valence-corrected chi connectivity index (χ1v) is 7.27. The summed E-state index contributed by atoms with van der Waals surface area (Å²) in [6.45, 7) is 5.08. The Morgan fingerprint density at radius 1 is 1.24 bits per heavy atom. The average molecular weight is 315 g/mol. The van der Waals surface area contributed by atoms with E-state index in [4.69, 9.17) is 21.1 Å². The van der Waals surface area contributed by atoms with Crippen LogP contribution in [0.2, 0.25) is 5.02 Å². The first-order chi connectivity index (χ1) is 9.97. The molecule has 0 saturated heterocycles. The lowest BCUT2D eigenvalue weighted by Gasteiger charge is -2.14. The maximum absolute atomic E-state index is 11.7. The number of anilines is 1. The number of hydrogen-bond acceptors (Lipinski definition) is 4. The van der Waals surface area contributed by atoms with Crippen LogP contribution in [0.25, 0.3) is 0 Å². The molecule has 1 aromatic carbocycles. The Bertz CT molecular complexity index is 478. The van der Waals surface area contributed by atoms with Gasteiger partial charge in [-0.3, -0.25) is 4.79 Å². The molecule has 21 heavy (non-hydrogen) atoms. The zero-order valence-corrected chi connectivity index (χ0v) is 13.7. The van der Waals surface area contributed by atoms with Crippen molar-refractivity contribution in [2.24, 2.45) is 5.92 Å². The summed E-state index contributed by atoms with van der Waals surface area (Å²) in [6, 6.07) is 3.36. The van der Waals surface area contributed by atoms with Gasteiger partial charge in [-0.15, -0.1) is 0 Å². The molecule has 0 saturated carbocycles. The minimum atomic E-state index is -0.0651. The number of hydrogen-bond donors (Lipinski definition) is 2. The molecule has 0 heterocycles. The fraction of sp³-hybridized carbons (Fsp3) is 0.533. The summed E-state index contributed by atoms with van der Waals surface area (Å²) in [6.07, 6.45) is 0.962. The first kappa shape index (κ1) is 17.4. The van der Waals surface area contributed by atoms with E-state index in [1.807, 2.05) is 0 Å². The van der Waals surface area contributed by atoms with E-state index in [9.17, 15) is 4.79 Å².